The first-order valence-electron chi connectivity index (χ1n) is 8.43. The number of amides is 1. The lowest BCUT2D eigenvalue weighted by Crippen LogP contribution is -2.38. The van der Waals surface area contributed by atoms with Crippen LogP contribution >= 0.6 is 11.3 Å². The molecule has 1 saturated carbocycles. The van der Waals surface area contributed by atoms with Gasteiger partial charge in [-0.15, -0.1) is 16.4 Å². The molecule has 0 spiro atoms. The van der Waals surface area contributed by atoms with Crippen LogP contribution in [0.4, 0.5) is 0 Å². The topological polar surface area (TPSA) is 76.9 Å². The Balaban J connectivity index is 1.59. The molecule has 1 aliphatic rings. The lowest BCUT2D eigenvalue weighted by Gasteiger charge is -2.11. The van der Waals surface area contributed by atoms with Gasteiger partial charge in [0.25, 0.3) is 5.56 Å². The lowest BCUT2D eigenvalue weighted by molar-refractivity contribution is -0.122. The van der Waals surface area contributed by atoms with Crippen molar-refractivity contribution >= 4 is 27.5 Å². The molecule has 0 bridgehead atoms. The van der Waals surface area contributed by atoms with Gasteiger partial charge in [0.2, 0.25) is 5.91 Å². The highest BCUT2D eigenvalue weighted by atomic mass is 32.1. The standard InChI is InChI=1S/C18H18N4O2S/c23-16(19-13-8-4-5-9-13)11-22-18(24)14-10-15(25-17(14)20-21-22)12-6-2-1-3-7-12/h1-3,6-7,10,13H,4-5,8-9,11H2,(H,19,23). The summed E-state index contributed by atoms with van der Waals surface area (Å²) >= 11 is 1.43. The highest BCUT2D eigenvalue weighted by Crippen LogP contribution is 2.30. The molecule has 1 amide bonds. The summed E-state index contributed by atoms with van der Waals surface area (Å²) in [6.45, 7) is -0.0885. The van der Waals surface area contributed by atoms with Crippen molar-refractivity contribution in [1.29, 1.82) is 0 Å². The molecule has 0 atom stereocenters. The molecule has 0 saturated heterocycles. The van der Waals surface area contributed by atoms with E-state index in [2.05, 4.69) is 15.6 Å². The molecule has 6 nitrogen and oxygen atoms in total. The van der Waals surface area contributed by atoms with Crippen molar-refractivity contribution < 1.29 is 4.79 Å². The summed E-state index contributed by atoms with van der Waals surface area (Å²) in [7, 11) is 0. The van der Waals surface area contributed by atoms with E-state index in [1.807, 2.05) is 36.4 Å². The molecule has 4 rings (SSSR count). The van der Waals surface area contributed by atoms with Gasteiger partial charge in [0.1, 0.15) is 6.54 Å². The van der Waals surface area contributed by atoms with E-state index in [1.165, 1.54) is 11.3 Å². The van der Waals surface area contributed by atoms with Crippen LogP contribution in [-0.2, 0) is 11.3 Å². The van der Waals surface area contributed by atoms with Crippen molar-refractivity contribution in [2.45, 2.75) is 38.3 Å². The number of fused-ring (bicyclic) bond motifs is 1. The number of carbonyl (C=O) groups excluding carboxylic acids is 1. The molecule has 1 aromatic carbocycles. The Hall–Kier alpha value is -2.54. The van der Waals surface area contributed by atoms with Crippen LogP contribution in [0.1, 0.15) is 25.7 Å². The largest absolute Gasteiger partial charge is 0.352 e. The van der Waals surface area contributed by atoms with Crippen LogP contribution in [0.15, 0.2) is 41.2 Å². The number of nitrogens with one attached hydrogen (secondary N) is 1. The molecule has 3 aromatic rings. The third-order valence-corrected chi connectivity index (χ3v) is 5.56. The predicted octanol–water partition coefficient (Wildman–Crippen LogP) is 2.58. The maximum absolute atomic E-state index is 12.6. The van der Waals surface area contributed by atoms with E-state index in [-0.39, 0.29) is 24.1 Å². The summed E-state index contributed by atoms with van der Waals surface area (Å²) < 4.78 is 1.15. The number of rotatable bonds is 4. The molecule has 25 heavy (non-hydrogen) atoms. The van der Waals surface area contributed by atoms with Gasteiger partial charge < -0.3 is 5.32 Å². The molecule has 2 heterocycles. The molecule has 0 radical (unpaired) electrons. The number of aromatic nitrogens is 3. The van der Waals surface area contributed by atoms with Crippen molar-refractivity contribution in [1.82, 2.24) is 20.3 Å². The zero-order valence-corrected chi connectivity index (χ0v) is 14.5. The van der Waals surface area contributed by atoms with E-state index >= 15 is 0 Å². The van der Waals surface area contributed by atoms with Crippen LogP contribution in [0, 0.1) is 0 Å². The highest BCUT2D eigenvalue weighted by molar-refractivity contribution is 7.21. The first kappa shape index (κ1) is 16.0. The first-order valence-corrected chi connectivity index (χ1v) is 9.24. The number of hydrogen-bond donors (Lipinski definition) is 1. The van der Waals surface area contributed by atoms with Crippen LogP contribution in [0.5, 0.6) is 0 Å². The Morgan fingerprint density at radius 2 is 2.00 bits per heavy atom. The molecule has 1 aliphatic carbocycles. The van der Waals surface area contributed by atoms with Gasteiger partial charge >= 0.3 is 0 Å². The van der Waals surface area contributed by atoms with Crippen LogP contribution in [-0.4, -0.2) is 26.9 Å². The Labute approximate surface area is 148 Å². The van der Waals surface area contributed by atoms with Gasteiger partial charge in [0.15, 0.2) is 4.83 Å². The van der Waals surface area contributed by atoms with Crippen LogP contribution in [0.25, 0.3) is 20.7 Å². The second kappa shape index (κ2) is 6.76. The van der Waals surface area contributed by atoms with Crippen molar-refractivity contribution in [2.24, 2.45) is 0 Å². The fourth-order valence-electron chi connectivity index (χ4n) is 3.21. The number of carbonyl (C=O) groups is 1. The van der Waals surface area contributed by atoms with Gasteiger partial charge in [0.05, 0.1) is 5.39 Å². The van der Waals surface area contributed by atoms with E-state index in [0.717, 1.165) is 40.8 Å². The maximum atomic E-state index is 12.6. The summed E-state index contributed by atoms with van der Waals surface area (Å²) in [4.78, 5) is 26.3. The fourth-order valence-corrected chi connectivity index (χ4v) is 4.18. The second-order valence-corrected chi connectivity index (χ2v) is 7.33. The summed E-state index contributed by atoms with van der Waals surface area (Å²) in [5.74, 6) is -0.179. The molecule has 2 aromatic heterocycles. The highest BCUT2D eigenvalue weighted by Gasteiger charge is 2.18. The number of benzene rings is 1. The monoisotopic (exact) mass is 354 g/mol. The Kier molecular flexibility index (Phi) is 4.31. The van der Waals surface area contributed by atoms with Gasteiger partial charge in [-0.05, 0) is 24.5 Å². The van der Waals surface area contributed by atoms with Crippen molar-refractivity contribution in [2.75, 3.05) is 0 Å². The minimum Gasteiger partial charge on any atom is -0.352 e. The van der Waals surface area contributed by atoms with Crippen molar-refractivity contribution in [3.8, 4) is 10.4 Å². The number of thiophene rings is 1. The Bertz CT molecular complexity index is 958. The number of hydrogen-bond acceptors (Lipinski definition) is 5. The minimum atomic E-state index is -0.273. The zero-order valence-electron chi connectivity index (χ0n) is 13.6. The lowest BCUT2D eigenvalue weighted by atomic mass is 10.2. The molecular weight excluding hydrogens is 336 g/mol. The summed E-state index contributed by atoms with van der Waals surface area (Å²) in [6.07, 6.45) is 4.31. The fraction of sp³-hybridized carbons (Fsp3) is 0.333. The summed E-state index contributed by atoms with van der Waals surface area (Å²) in [6, 6.07) is 11.9. The summed E-state index contributed by atoms with van der Waals surface area (Å²) in [5.41, 5.74) is 0.764. The van der Waals surface area contributed by atoms with Crippen LogP contribution in [0.3, 0.4) is 0 Å². The quantitative estimate of drug-likeness (QED) is 0.781. The molecular formula is C18H18N4O2S. The number of nitrogens with zero attached hydrogens (tertiary/aromatic N) is 3. The van der Waals surface area contributed by atoms with Crippen molar-refractivity contribution in [3.05, 3.63) is 46.8 Å². The molecule has 7 heteroatoms. The third-order valence-electron chi connectivity index (χ3n) is 4.49. The van der Waals surface area contributed by atoms with E-state index in [9.17, 15) is 9.59 Å². The van der Waals surface area contributed by atoms with Gasteiger partial charge in [-0.1, -0.05) is 48.4 Å². The predicted molar refractivity (Wildman–Crippen MR) is 97.5 cm³/mol. The maximum Gasteiger partial charge on any atom is 0.279 e. The van der Waals surface area contributed by atoms with E-state index in [0.29, 0.717) is 10.2 Å². The molecule has 1 fully saturated rings. The SMILES string of the molecule is O=C(Cn1nnc2sc(-c3ccccc3)cc2c1=O)NC1CCCC1. The van der Waals surface area contributed by atoms with E-state index in [4.69, 9.17) is 0 Å². The minimum absolute atomic E-state index is 0.0885. The third kappa shape index (κ3) is 3.32. The summed E-state index contributed by atoms with van der Waals surface area (Å²) in [5, 5.41) is 11.5. The van der Waals surface area contributed by atoms with E-state index in [1.54, 1.807) is 0 Å². The average molecular weight is 354 g/mol. The molecule has 0 aliphatic heterocycles. The smallest absolute Gasteiger partial charge is 0.279 e. The van der Waals surface area contributed by atoms with Gasteiger partial charge in [-0.25, -0.2) is 4.68 Å². The first-order chi connectivity index (χ1) is 12.2. The van der Waals surface area contributed by atoms with E-state index < -0.39 is 0 Å². The van der Waals surface area contributed by atoms with Gasteiger partial charge in [0, 0.05) is 10.9 Å². The normalized spacial score (nSPS) is 14.9. The molecule has 0 unspecified atom stereocenters. The Morgan fingerprint density at radius 3 is 2.76 bits per heavy atom. The van der Waals surface area contributed by atoms with Crippen LogP contribution in [0.2, 0.25) is 0 Å². The molecule has 1 N–H and O–H groups in total. The van der Waals surface area contributed by atoms with Crippen molar-refractivity contribution in [3.63, 3.8) is 0 Å². The Morgan fingerprint density at radius 1 is 1.24 bits per heavy atom. The zero-order chi connectivity index (χ0) is 17.2. The molecule has 128 valence electrons. The second-order valence-electron chi connectivity index (χ2n) is 6.30. The van der Waals surface area contributed by atoms with Crippen LogP contribution < -0.4 is 10.9 Å². The van der Waals surface area contributed by atoms with Gasteiger partial charge in [-0.2, -0.15) is 0 Å². The average Bonchev–Trinajstić information content (AvgIpc) is 3.28. The van der Waals surface area contributed by atoms with Gasteiger partial charge in [-0.3, -0.25) is 9.59 Å².